The summed E-state index contributed by atoms with van der Waals surface area (Å²) in [5, 5.41) is 10.0. The van der Waals surface area contributed by atoms with Gasteiger partial charge in [-0.2, -0.15) is 13.2 Å². The van der Waals surface area contributed by atoms with Gasteiger partial charge >= 0.3 is 6.18 Å². The van der Waals surface area contributed by atoms with E-state index in [0.29, 0.717) is 18.9 Å². The van der Waals surface area contributed by atoms with E-state index in [9.17, 15) is 18.3 Å². The van der Waals surface area contributed by atoms with E-state index in [1.807, 2.05) is 0 Å². The predicted octanol–water partition coefficient (Wildman–Crippen LogP) is 2.97. The van der Waals surface area contributed by atoms with Crippen molar-refractivity contribution in [3.05, 3.63) is 0 Å². The highest BCUT2D eigenvalue weighted by atomic mass is 19.4. The van der Waals surface area contributed by atoms with Crippen LogP contribution in [0.15, 0.2) is 0 Å². The van der Waals surface area contributed by atoms with Crippen LogP contribution in [0.5, 0.6) is 0 Å². The summed E-state index contributed by atoms with van der Waals surface area (Å²) in [6.45, 7) is 9.35. The van der Waals surface area contributed by atoms with Crippen LogP contribution in [0.1, 0.15) is 47.0 Å². The largest absolute Gasteiger partial charge is 0.417 e. The highest BCUT2D eigenvalue weighted by Crippen LogP contribution is 2.53. The van der Waals surface area contributed by atoms with Gasteiger partial charge in [0.25, 0.3) is 0 Å². The van der Waals surface area contributed by atoms with Gasteiger partial charge in [0.05, 0.1) is 11.2 Å². The Kier molecular flexibility index (Phi) is 3.46. The molecule has 1 N–H and O–H groups in total. The van der Waals surface area contributed by atoms with Gasteiger partial charge in [-0.15, -0.1) is 0 Å². The van der Waals surface area contributed by atoms with Crippen molar-refractivity contribution >= 4 is 0 Å². The number of aliphatic hydroxyl groups is 1. The van der Waals surface area contributed by atoms with Crippen LogP contribution in [0.4, 0.5) is 13.2 Å². The second-order valence-corrected chi connectivity index (χ2v) is 8.53. The second kappa shape index (κ2) is 4.61. The highest BCUT2D eigenvalue weighted by molar-refractivity contribution is 5.10. The first-order chi connectivity index (χ1) is 9.84. The number of piperidine rings is 1. The quantitative estimate of drug-likeness (QED) is 0.849. The molecular formula is C16H26F3NO2. The van der Waals surface area contributed by atoms with Gasteiger partial charge in [-0.25, -0.2) is 0 Å². The summed E-state index contributed by atoms with van der Waals surface area (Å²) >= 11 is 0. The monoisotopic (exact) mass is 321 g/mol. The molecule has 2 saturated heterocycles. The Bertz CT molecular complexity index is 463. The molecule has 3 fully saturated rings. The number of ether oxygens (including phenoxy) is 1. The number of halogens is 3. The fourth-order valence-corrected chi connectivity index (χ4v) is 4.88. The van der Waals surface area contributed by atoms with Crippen LogP contribution in [0.25, 0.3) is 0 Å². The average molecular weight is 321 g/mol. The van der Waals surface area contributed by atoms with Crippen molar-refractivity contribution in [1.82, 2.24) is 4.90 Å². The number of alkyl halides is 3. The number of nitrogens with zero attached hydrogens (tertiary/aromatic N) is 1. The molecule has 4 unspecified atom stereocenters. The Morgan fingerprint density at radius 1 is 1.18 bits per heavy atom. The predicted molar refractivity (Wildman–Crippen MR) is 76.4 cm³/mol. The summed E-state index contributed by atoms with van der Waals surface area (Å²) in [7, 11) is 0. The lowest BCUT2D eigenvalue weighted by molar-refractivity contribution is -0.279. The van der Waals surface area contributed by atoms with Crippen molar-refractivity contribution in [3.63, 3.8) is 0 Å². The molecule has 3 aliphatic rings. The third-order valence-corrected chi connectivity index (χ3v) is 5.96. The van der Waals surface area contributed by atoms with Gasteiger partial charge in [-0.05, 0) is 40.5 Å². The average Bonchev–Trinajstić information content (AvgIpc) is 2.87. The second-order valence-electron chi connectivity index (χ2n) is 8.53. The fourth-order valence-electron chi connectivity index (χ4n) is 4.88. The molecule has 2 aliphatic heterocycles. The zero-order chi connectivity index (χ0) is 16.6. The molecule has 3 rings (SSSR count). The Morgan fingerprint density at radius 2 is 1.82 bits per heavy atom. The first-order valence-corrected chi connectivity index (χ1v) is 8.07. The third-order valence-electron chi connectivity index (χ3n) is 5.96. The topological polar surface area (TPSA) is 32.7 Å². The SMILES string of the molecule is CC1(C)CC(CN2CC3CC2CC3(O)C(F)(F)F)C(C)(C)O1. The van der Waals surface area contributed by atoms with Crippen LogP contribution in [0.3, 0.4) is 0 Å². The minimum atomic E-state index is -4.52. The maximum atomic E-state index is 13.1. The summed E-state index contributed by atoms with van der Waals surface area (Å²) in [4.78, 5) is 2.14. The van der Waals surface area contributed by atoms with Gasteiger partial charge in [0, 0.05) is 37.4 Å². The molecule has 128 valence electrons. The minimum absolute atomic E-state index is 0.156. The maximum absolute atomic E-state index is 13.1. The van der Waals surface area contributed by atoms with Crippen LogP contribution in [0, 0.1) is 11.8 Å². The molecule has 2 heterocycles. The van der Waals surface area contributed by atoms with E-state index in [1.165, 1.54) is 0 Å². The summed E-state index contributed by atoms with van der Waals surface area (Å²) < 4.78 is 45.3. The standard InChI is InChI=1S/C16H26F3NO2/c1-13(2)6-11(14(3,4)22-13)9-20-8-10-5-12(20)7-15(10,21)16(17,18)19/h10-12,21H,5-9H2,1-4H3. The van der Waals surface area contributed by atoms with Crippen molar-refractivity contribution in [2.75, 3.05) is 13.1 Å². The molecule has 1 saturated carbocycles. The molecule has 6 heteroatoms. The fraction of sp³-hybridized carbons (Fsp3) is 1.00. The van der Waals surface area contributed by atoms with Gasteiger partial charge in [0.15, 0.2) is 5.60 Å². The molecule has 0 aromatic rings. The molecule has 0 radical (unpaired) electrons. The van der Waals surface area contributed by atoms with Gasteiger partial charge in [-0.3, -0.25) is 4.90 Å². The Morgan fingerprint density at radius 3 is 2.23 bits per heavy atom. The van der Waals surface area contributed by atoms with Gasteiger partial charge in [-0.1, -0.05) is 0 Å². The van der Waals surface area contributed by atoms with Crippen LogP contribution in [-0.2, 0) is 4.74 Å². The summed E-state index contributed by atoms with van der Waals surface area (Å²) in [5.74, 6) is -0.378. The number of fused-ring (bicyclic) bond motifs is 2. The number of rotatable bonds is 2. The van der Waals surface area contributed by atoms with Crippen molar-refractivity contribution in [3.8, 4) is 0 Å². The summed E-state index contributed by atoms with van der Waals surface area (Å²) in [6.07, 6.45) is -3.33. The van der Waals surface area contributed by atoms with Crippen LogP contribution in [-0.4, -0.2) is 52.1 Å². The first-order valence-electron chi connectivity index (χ1n) is 8.07. The first kappa shape index (κ1) is 16.5. The smallest absolute Gasteiger partial charge is 0.380 e. The van der Waals surface area contributed by atoms with Crippen molar-refractivity contribution in [1.29, 1.82) is 0 Å². The Balaban J connectivity index is 1.67. The minimum Gasteiger partial charge on any atom is -0.380 e. The van der Waals surface area contributed by atoms with Gasteiger partial charge in [0.1, 0.15) is 0 Å². The van der Waals surface area contributed by atoms with E-state index < -0.39 is 17.7 Å². The van der Waals surface area contributed by atoms with Crippen LogP contribution >= 0.6 is 0 Å². The van der Waals surface area contributed by atoms with Gasteiger partial charge in [0.2, 0.25) is 0 Å². The molecular weight excluding hydrogens is 295 g/mol. The zero-order valence-electron chi connectivity index (χ0n) is 13.7. The molecule has 2 bridgehead atoms. The lowest BCUT2D eigenvalue weighted by Crippen LogP contribution is -2.55. The summed E-state index contributed by atoms with van der Waals surface area (Å²) in [6, 6.07) is -0.156. The number of hydrogen-bond acceptors (Lipinski definition) is 3. The Labute approximate surface area is 129 Å². The van der Waals surface area contributed by atoms with Crippen molar-refractivity contribution in [2.45, 2.75) is 76.0 Å². The van der Waals surface area contributed by atoms with Crippen LogP contribution < -0.4 is 0 Å². The number of hydrogen-bond donors (Lipinski definition) is 1. The van der Waals surface area contributed by atoms with Crippen molar-refractivity contribution < 1.29 is 23.0 Å². The van der Waals surface area contributed by atoms with E-state index in [1.54, 1.807) is 0 Å². The molecule has 4 atom stereocenters. The molecule has 3 nitrogen and oxygen atoms in total. The third kappa shape index (κ3) is 2.47. The van der Waals surface area contributed by atoms with E-state index >= 15 is 0 Å². The lowest BCUT2D eigenvalue weighted by Gasteiger charge is -2.40. The number of likely N-dealkylation sites (tertiary alicyclic amines) is 1. The molecule has 0 amide bonds. The molecule has 0 aromatic carbocycles. The molecule has 22 heavy (non-hydrogen) atoms. The molecule has 1 aliphatic carbocycles. The van der Waals surface area contributed by atoms with Crippen LogP contribution in [0.2, 0.25) is 0 Å². The van der Waals surface area contributed by atoms with Crippen molar-refractivity contribution in [2.24, 2.45) is 11.8 Å². The van der Waals surface area contributed by atoms with E-state index in [4.69, 9.17) is 4.74 Å². The summed E-state index contributed by atoms with van der Waals surface area (Å²) in [5.41, 5.74) is -2.92. The van der Waals surface area contributed by atoms with E-state index in [-0.39, 0.29) is 23.7 Å². The highest BCUT2D eigenvalue weighted by Gasteiger charge is 2.66. The lowest BCUT2D eigenvalue weighted by atomic mass is 9.85. The molecule has 0 spiro atoms. The Hall–Kier alpha value is -0.330. The van der Waals surface area contributed by atoms with Gasteiger partial charge < -0.3 is 9.84 Å². The van der Waals surface area contributed by atoms with E-state index in [0.717, 1.165) is 13.0 Å². The van der Waals surface area contributed by atoms with E-state index in [2.05, 4.69) is 32.6 Å². The normalized spacial score (nSPS) is 43.9. The zero-order valence-corrected chi connectivity index (χ0v) is 13.7. The molecule has 0 aromatic heterocycles. The maximum Gasteiger partial charge on any atom is 0.417 e.